The first-order chi connectivity index (χ1) is 14.6. The van der Waals surface area contributed by atoms with Crippen LogP contribution in [0, 0.1) is 17.1 Å². The Kier molecular flexibility index (Phi) is 4.65. The van der Waals surface area contributed by atoms with E-state index in [0.29, 0.717) is 28.2 Å². The molecule has 8 nitrogen and oxygen atoms in total. The SMILES string of the molecule is CN(C(=O)OC(C)(C)C)c1nc2[nH]c(-c3cc(F)cc(C#N)c3)cc2c2c1ncn2C. The molecule has 3 heterocycles. The van der Waals surface area contributed by atoms with E-state index in [2.05, 4.69) is 15.0 Å². The van der Waals surface area contributed by atoms with E-state index in [-0.39, 0.29) is 5.56 Å². The third-order valence-corrected chi connectivity index (χ3v) is 4.74. The van der Waals surface area contributed by atoms with Gasteiger partial charge >= 0.3 is 6.09 Å². The summed E-state index contributed by atoms with van der Waals surface area (Å²) in [6.07, 6.45) is 1.09. The van der Waals surface area contributed by atoms with E-state index in [9.17, 15) is 9.18 Å². The second-order valence-corrected chi connectivity index (χ2v) is 8.31. The number of aromatic amines is 1. The molecule has 0 aliphatic carbocycles. The first-order valence-electron chi connectivity index (χ1n) is 9.59. The largest absolute Gasteiger partial charge is 0.443 e. The standard InChI is InChI=1S/C22H21FN6O2/c1-22(2,3)31-21(30)29(5)20-17-18(28(4)11-25-17)15-9-16(26-19(15)27-20)13-6-12(10-24)7-14(23)8-13/h6-9,11H,1-5H3,(H,26,27). The van der Waals surface area contributed by atoms with Gasteiger partial charge in [0.15, 0.2) is 5.82 Å². The molecule has 4 rings (SSSR count). The van der Waals surface area contributed by atoms with Gasteiger partial charge in [-0.1, -0.05) is 0 Å². The highest BCUT2D eigenvalue weighted by atomic mass is 19.1. The molecule has 0 radical (unpaired) electrons. The molecule has 31 heavy (non-hydrogen) atoms. The molecule has 1 aromatic carbocycles. The van der Waals surface area contributed by atoms with Crippen LogP contribution in [-0.2, 0) is 11.8 Å². The van der Waals surface area contributed by atoms with Gasteiger partial charge in [-0.15, -0.1) is 0 Å². The summed E-state index contributed by atoms with van der Waals surface area (Å²) in [6.45, 7) is 5.37. The number of benzene rings is 1. The Labute approximate surface area is 177 Å². The van der Waals surface area contributed by atoms with Gasteiger partial charge in [-0.25, -0.2) is 19.2 Å². The lowest BCUT2D eigenvalue weighted by Crippen LogP contribution is -2.34. The van der Waals surface area contributed by atoms with Crippen LogP contribution in [0.5, 0.6) is 0 Å². The summed E-state index contributed by atoms with van der Waals surface area (Å²) < 4.78 is 21.3. The smallest absolute Gasteiger partial charge is 0.415 e. The van der Waals surface area contributed by atoms with E-state index in [1.165, 1.54) is 17.0 Å². The highest BCUT2D eigenvalue weighted by molar-refractivity contribution is 6.09. The van der Waals surface area contributed by atoms with Crippen LogP contribution in [0.25, 0.3) is 33.3 Å². The van der Waals surface area contributed by atoms with Gasteiger partial charge in [0.2, 0.25) is 0 Å². The number of hydrogen-bond donors (Lipinski definition) is 1. The van der Waals surface area contributed by atoms with Crippen LogP contribution >= 0.6 is 0 Å². The zero-order chi connectivity index (χ0) is 22.5. The number of amides is 1. The number of rotatable bonds is 2. The predicted octanol–water partition coefficient (Wildman–Crippen LogP) is 4.50. The zero-order valence-corrected chi connectivity index (χ0v) is 17.8. The number of anilines is 1. The summed E-state index contributed by atoms with van der Waals surface area (Å²) in [6, 6.07) is 7.92. The van der Waals surface area contributed by atoms with E-state index < -0.39 is 17.5 Å². The van der Waals surface area contributed by atoms with Crippen molar-refractivity contribution in [3.8, 4) is 17.3 Å². The first-order valence-corrected chi connectivity index (χ1v) is 9.59. The van der Waals surface area contributed by atoms with Crippen LogP contribution in [0.4, 0.5) is 15.0 Å². The highest BCUT2D eigenvalue weighted by Gasteiger charge is 2.25. The minimum atomic E-state index is -0.659. The number of nitrogens with zero attached hydrogens (tertiary/aromatic N) is 5. The number of aromatic nitrogens is 4. The fourth-order valence-corrected chi connectivity index (χ4v) is 3.40. The van der Waals surface area contributed by atoms with E-state index in [4.69, 9.17) is 10.00 Å². The number of ether oxygens (including phenoxy) is 1. The maximum atomic E-state index is 14.0. The predicted molar refractivity (Wildman–Crippen MR) is 115 cm³/mol. The third-order valence-electron chi connectivity index (χ3n) is 4.74. The van der Waals surface area contributed by atoms with Crippen molar-refractivity contribution < 1.29 is 13.9 Å². The zero-order valence-electron chi connectivity index (χ0n) is 17.8. The molecule has 158 valence electrons. The van der Waals surface area contributed by atoms with E-state index in [0.717, 1.165) is 10.9 Å². The number of fused-ring (bicyclic) bond motifs is 3. The van der Waals surface area contributed by atoms with Gasteiger partial charge in [-0.3, -0.25) is 4.90 Å². The first kappa shape index (κ1) is 20.3. The molecule has 0 aliphatic heterocycles. The van der Waals surface area contributed by atoms with Crippen molar-refractivity contribution in [1.82, 2.24) is 19.5 Å². The fraction of sp³-hybridized carbons (Fsp3) is 0.273. The number of nitrogens with one attached hydrogen (secondary N) is 1. The van der Waals surface area contributed by atoms with Gasteiger partial charge in [-0.05, 0) is 45.0 Å². The maximum absolute atomic E-state index is 14.0. The van der Waals surface area contributed by atoms with E-state index in [1.54, 1.807) is 40.2 Å². The maximum Gasteiger partial charge on any atom is 0.415 e. The van der Waals surface area contributed by atoms with Crippen molar-refractivity contribution in [1.29, 1.82) is 5.26 Å². The van der Waals surface area contributed by atoms with Crippen LogP contribution in [0.15, 0.2) is 30.6 Å². The normalized spacial score (nSPS) is 11.6. The highest BCUT2D eigenvalue weighted by Crippen LogP contribution is 2.33. The molecule has 0 atom stereocenters. The Morgan fingerprint density at radius 1 is 1.29 bits per heavy atom. The van der Waals surface area contributed by atoms with Crippen molar-refractivity contribution in [3.05, 3.63) is 42.0 Å². The number of imidazole rings is 1. The minimum absolute atomic E-state index is 0.220. The number of nitriles is 1. The van der Waals surface area contributed by atoms with Crippen molar-refractivity contribution in [2.75, 3.05) is 11.9 Å². The molecule has 0 unspecified atom stereocenters. The lowest BCUT2D eigenvalue weighted by Gasteiger charge is -2.24. The Morgan fingerprint density at radius 3 is 2.71 bits per heavy atom. The van der Waals surface area contributed by atoms with Gasteiger partial charge < -0.3 is 14.3 Å². The number of hydrogen-bond acceptors (Lipinski definition) is 5. The van der Waals surface area contributed by atoms with Crippen molar-refractivity contribution in [2.24, 2.45) is 7.05 Å². The van der Waals surface area contributed by atoms with Gasteiger partial charge in [-0.2, -0.15) is 5.26 Å². The molecular weight excluding hydrogens is 399 g/mol. The van der Waals surface area contributed by atoms with Gasteiger partial charge in [0, 0.05) is 30.7 Å². The number of H-pyrrole nitrogens is 1. The van der Waals surface area contributed by atoms with Crippen LogP contribution in [-0.4, -0.2) is 38.3 Å². The average molecular weight is 420 g/mol. The molecule has 0 fully saturated rings. The molecular formula is C22H21FN6O2. The molecule has 0 spiro atoms. The molecule has 1 N–H and O–H groups in total. The Balaban J connectivity index is 1.90. The van der Waals surface area contributed by atoms with Crippen LogP contribution in [0.3, 0.4) is 0 Å². The van der Waals surface area contributed by atoms with Crippen LogP contribution < -0.4 is 4.90 Å². The fourth-order valence-electron chi connectivity index (χ4n) is 3.40. The van der Waals surface area contributed by atoms with Gasteiger partial charge in [0.1, 0.15) is 22.6 Å². The summed E-state index contributed by atoms with van der Waals surface area (Å²) in [5.74, 6) is -0.167. The second kappa shape index (κ2) is 7.09. The number of carbonyl (C=O) groups is 1. The molecule has 3 aromatic heterocycles. The summed E-state index contributed by atoms with van der Waals surface area (Å²) in [5.41, 5.74) is 2.47. The topological polar surface area (TPSA) is 99.8 Å². The van der Waals surface area contributed by atoms with Crippen molar-refractivity contribution in [3.63, 3.8) is 0 Å². The number of aryl methyl sites for hydroxylation is 1. The van der Waals surface area contributed by atoms with Crippen LogP contribution in [0.1, 0.15) is 26.3 Å². The number of carbonyl (C=O) groups excluding carboxylic acids is 1. The Hall–Kier alpha value is -3.93. The molecule has 1 amide bonds. The Morgan fingerprint density at radius 2 is 2.03 bits per heavy atom. The number of pyridine rings is 1. The van der Waals surface area contributed by atoms with Gasteiger partial charge in [0.05, 0.1) is 23.5 Å². The lowest BCUT2D eigenvalue weighted by molar-refractivity contribution is 0.0588. The van der Waals surface area contributed by atoms with E-state index in [1.807, 2.05) is 23.8 Å². The van der Waals surface area contributed by atoms with Crippen LogP contribution in [0.2, 0.25) is 0 Å². The third kappa shape index (κ3) is 3.68. The summed E-state index contributed by atoms with van der Waals surface area (Å²) in [5, 5.41) is 9.91. The molecule has 9 heteroatoms. The summed E-state index contributed by atoms with van der Waals surface area (Å²) in [7, 11) is 3.42. The summed E-state index contributed by atoms with van der Waals surface area (Å²) in [4.78, 5) is 26.2. The lowest BCUT2D eigenvalue weighted by atomic mass is 10.1. The summed E-state index contributed by atoms with van der Waals surface area (Å²) >= 11 is 0. The van der Waals surface area contributed by atoms with E-state index >= 15 is 0 Å². The monoisotopic (exact) mass is 420 g/mol. The minimum Gasteiger partial charge on any atom is -0.443 e. The number of halogens is 1. The van der Waals surface area contributed by atoms with Crippen molar-refractivity contribution >= 4 is 34.0 Å². The Bertz CT molecular complexity index is 1370. The average Bonchev–Trinajstić information content (AvgIpc) is 3.28. The quantitative estimate of drug-likeness (QED) is 0.515. The molecule has 4 aromatic rings. The second-order valence-electron chi connectivity index (χ2n) is 8.31. The molecule has 0 bridgehead atoms. The molecule has 0 saturated heterocycles. The molecule has 0 aliphatic rings. The van der Waals surface area contributed by atoms with Crippen molar-refractivity contribution in [2.45, 2.75) is 26.4 Å². The molecule has 0 saturated carbocycles. The van der Waals surface area contributed by atoms with Gasteiger partial charge in [0.25, 0.3) is 0 Å².